The fraction of sp³-hybridized carbons (Fsp3) is 0.875. The molecule has 56 valence electrons. The van der Waals surface area contributed by atoms with Crippen LogP contribution >= 0.6 is 10.5 Å². The lowest BCUT2D eigenvalue weighted by Gasteiger charge is -1.98. The molecule has 0 aliphatic heterocycles. The molecule has 1 atom stereocenters. The summed E-state index contributed by atoms with van der Waals surface area (Å²) in [6, 6.07) is 0. The Morgan fingerprint density at radius 2 is 1.89 bits per heavy atom. The first-order valence-electron chi connectivity index (χ1n) is 3.69. The van der Waals surface area contributed by atoms with Crippen LogP contribution in [0.5, 0.6) is 0 Å². The minimum absolute atomic E-state index is 0.431. The number of hydrogen-bond donors (Lipinski definition) is 0. The molecule has 0 spiro atoms. The molecule has 0 aliphatic rings. The summed E-state index contributed by atoms with van der Waals surface area (Å²) in [6.07, 6.45) is 7.75. The Morgan fingerprint density at radius 3 is 2.33 bits per heavy atom. The van der Waals surface area contributed by atoms with Gasteiger partial charge in [-0.15, -0.1) is 0 Å². The van der Waals surface area contributed by atoms with Crippen molar-refractivity contribution in [2.75, 3.05) is 12.0 Å². The van der Waals surface area contributed by atoms with Crippen LogP contribution in [0.25, 0.3) is 0 Å². The lowest BCUT2D eigenvalue weighted by Crippen LogP contribution is -1.80. The quantitative estimate of drug-likeness (QED) is 0.413. The van der Waals surface area contributed by atoms with Crippen LogP contribution in [0.4, 0.5) is 0 Å². The van der Waals surface area contributed by atoms with Crippen LogP contribution < -0.4 is 0 Å². The molecular formula is C8H18S. The zero-order valence-corrected chi connectivity index (χ0v) is 7.47. The van der Waals surface area contributed by atoms with Crippen LogP contribution in [-0.2, 0) is 0 Å². The average molecular weight is 146 g/mol. The van der Waals surface area contributed by atoms with Gasteiger partial charge in [-0.05, 0) is 18.4 Å². The van der Waals surface area contributed by atoms with Crippen molar-refractivity contribution >= 4 is 16.4 Å². The maximum atomic E-state index is 3.96. The van der Waals surface area contributed by atoms with Crippen LogP contribution in [0.15, 0.2) is 0 Å². The molecule has 0 aromatic carbocycles. The molecular weight excluding hydrogens is 128 g/mol. The molecule has 0 heterocycles. The van der Waals surface area contributed by atoms with Gasteiger partial charge in [-0.2, -0.15) is 10.5 Å². The molecule has 0 radical (unpaired) electrons. The van der Waals surface area contributed by atoms with Crippen molar-refractivity contribution in [3.63, 3.8) is 0 Å². The Morgan fingerprint density at radius 1 is 1.22 bits per heavy atom. The summed E-state index contributed by atoms with van der Waals surface area (Å²) in [4.78, 5) is 0. The fourth-order valence-electron chi connectivity index (χ4n) is 0.775. The second-order valence-electron chi connectivity index (χ2n) is 2.55. The van der Waals surface area contributed by atoms with E-state index < -0.39 is 0 Å². The van der Waals surface area contributed by atoms with Crippen LogP contribution in [0, 0.1) is 0 Å². The summed E-state index contributed by atoms with van der Waals surface area (Å²) in [6.45, 7) is 2.25. The number of hydrogen-bond acceptors (Lipinski definition) is 0. The monoisotopic (exact) mass is 146 g/mol. The van der Waals surface area contributed by atoms with E-state index in [9.17, 15) is 0 Å². The standard InChI is InChI=1S/C8H18S/c1-4-5-6-7-8-9(2)3/h2,4-8H2,1,3H3. The molecule has 0 bridgehead atoms. The van der Waals surface area contributed by atoms with Gasteiger partial charge in [0.1, 0.15) is 0 Å². The van der Waals surface area contributed by atoms with E-state index in [0.717, 1.165) is 0 Å². The topological polar surface area (TPSA) is 0 Å². The Kier molecular flexibility index (Phi) is 6.50. The predicted molar refractivity (Wildman–Crippen MR) is 49.6 cm³/mol. The third-order valence-corrected chi connectivity index (χ3v) is 2.33. The molecule has 0 amide bonds. The second kappa shape index (κ2) is 6.34. The highest BCUT2D eigenvalue weighted by molar-refractivity contribution is 8.13. The Hall–Kier alpha value is 0.220. The van der Waals surface area contributed by atoms with Gasteiger partial charge in [0.2, 0.25) is 0 Å². The van der Waals surface area contributed by atoms with Gasteiger partial charge in [-0.1, -0.05) is 32.1 Å². The predicted octanol–water partition coefficient (Wildman–Crippen LogP) is 2.90. The van der Waals surface area contributed by atoms with Crippen molar-refractivity contribution in [3.05, 3.63) is 0 Å². The summed E-state index contributed by atoms with van der Waals surface area (Å²) in [5.74, 6) is 5.30. The molecule has 0 saturated carbocycles. The summed E-state index contributed by atoms with van der Waals surface area (Å²) in [5.41, 5.74) is 0. The molecule has 0 fully saturated rings. The van der Waals surface area contributed by atoms with Gasteiger partial charge in [-0.3, -0.25) is 0 Å². The molecule has 0 aliphatic carbocycles. The van der Waals surface area contributed by atoms with E-state index in [0.29, 0.717) is 10.5 Å². The van der Waals surface area contributed by atoms with Gasteiger partial charge in [-0.25, -0.2) is 0 Å². The molecule has 0 aromatic rings. The van der Waals surface area contributed by atoms with Gasteiger partial charge < -0.3 is 0 Å². The Bertz CT molecular complexity index is 76.6. The maximum absolute atomic E-state index is 3.96. The first-order chi connectivity index (χ1) is 4.27. The lowest BCUT2D eigenvalue weighted by molar-refractivity contribution is 0.706. The largest absolute Gasteiger partial charge is 0.196 e. The van der Waals surface area contributed by atoms with Gasteiger partial charge >= 0.3 is 0 Å². The van der Waals surface area contributed by atoms with Crippen molar-refractivity contribution in [2.45, 2.75) is 32.6 Å². The minimum Gasteiger partial charge on any atom is -0.196 e. The molecule has 0 rings (SSSR count). The van der Waals surface area contributed by atoms with Crippen molar-refractivity contribution in [2.24, 2.45) is 0 Å². The highest BCUT2D eigenvalue weighted by Gasteiger charge is 1.85. The van der Waals surface area contributed by atoms with Crippen LogP contribution in [0.3, 0.4) is 0 Å². The van der Waals surface area contributed by atoms with Crippen molar-refractivity contribution in [1.82, 2.24) is 0 Å². The molecule has 1 unspecified atom stereocenters. The van der Waals surface area contributed by atoms with Crippen molar-refractivity contribution in [3.8, 4) is 0 Å². The number of rotatable bonds is 5. The smallest absolute Gasteiger partial charge is 0.0125 e. The van der Waals surface area contributed by atoms with E-state index in [1.807, 2.05) is 0 Å². The van der Waals surface area contributed by atoms with Gasteiger partial charge in [0.25, 0.3) is 0 Å². The fourth-order valence-corrected chi connectivity index (χ4v) is 1.47. The first-order valence-corrected chi connectivity index (χ1v) is 5.66. The summed E-state index contributed by atoms with van der Waals surface area (Å²) < 4.78 is 0. The second-order valence-corrected chi connectivity index (χ2v) is 4.52. The summed E-state index contributed by atoms with van der Waals surface area (Å²) in [5, 5.41) is 0. The molecule has 0 aromatic heterocycles. The third-order valence-electron chi connectivity index (χ3n) is 1.35. The minimum atomic E-state index is 0.431. The average Bonchev–Trinajstić information content (AvgIpc) is 1.80. The van der Waals surface area contributed by atoms with E-state index in [1.54, 1.807) is 0 Å². The van der Waals surface area contributed by atoms with Gasteiger partial charge in [0, 0.05) is 0 Å². The first kappa shape index (κ1) is 9.22. The maximum Gasteiger partial charge on any atom is -0.0125 e. The molecule has 0 nitrogen and oxygen atoms in total. The zero-order valence-electron chi connectivity index (χ0n) is 6.65. The van der Waals surface area contributed by atoms with Gasteiger partial charge in [0.05, 0.1) is 0 Å². The Balaban J connectivity index is 2.83. The summed E-state index contributed by atoms with van der Waals surface area (Å²) in [7, 11) is 0.431. The summed E-state index contributed by atoms with van der Waals surface area (Å²) >= 11 is 0. The highest BCUT2D eigenvalue weighted by atomic mass is 32.2. The van der Waals surface area contributed by atoms with E-state index in [-0.39, 0.29) is 0 Å². The lowest BCUT2D eigenvalue weighted by atomic mass is 10.2. The van der Waals surface area contributed by atoms with Crippen LogP contribution in [-0.4, -0.2) is 17.9 Å². The number of unbranched alkanes of at least 4 members (excludes halogenated alkanes) is 3. The third kappa shape index (κ3) is 8.22. The molecule has 1 heteroatoms. The zero-order chi connectivity index (χ0) is 7.11. The Labute approximate surface area is 61.6 Å². The van der Waals surface area contributed by atoms with E-state index in [4.69, 9.17) is 0 Å². The van der Waals surface area contributed by atoms with Crippen molar-refractivity contribution < 1.29 is 0 Å². The molecule has 9 heavy (non-hydrogen) atoms. The van der Waals surface area contributed by atoms with Gasteiger partial charge in [0.15, 0.2) is 0 Å². The van der Waals surface area contributed by atoms with E-state index >= 15 is 0 Å². The molecule has 0 saturated heterocycles. The normalized spacial score (nSPS) is 13.6. The molecule has 0 N–H and O–H groups in total. The van der Waals surface area contributed by atoms with E-state index in [2.05, 4.69) is 19.0 Å². The van der Waals surface area contributed by atoms with Crippen molar-refractivity contribution in [1.29, 1.82) is 0 Å². The van der Waals surface area contributed by atoms with Crippen LogP contribution in [0.2, 0.25) is 0 Å². The van der Waals surface area contributed by atoms with E-state index in [1.165, 1.54) is 31.4 Å². The SMILES string of the molecule is C=S(C)CCCCCC. The van der Waals surface area contributed by atoms with Crippen LogP contribution in [0.1, 0.15) is 32.6 Å². The highest BCUT2D eigenvalue weighted by Crippen LogP contribution is 2.08.